The normalized spacial score (nSPS) is 46.1. The molecule has 4 fully saturated rings. The van der Waals surface area contributed by atoms with Crippen LogP contribution in [0.3, 0.4) is 0 Å². The first-order valence-corrected chi connectivity index (χ1v) is 16.2. The van der Waals surface area contributed by atoms with Crippen molar-refractivity contribution >= 4 is 5.69 Å². The van der Waals surface area contributed by atoms with E-state index in [4.69, 9.17) is 9.47 Å². The molecular weight excluding hydrogens is 494 g/mol. The summed E-state index contributed by atoms with van der Waals surface area (Å²) in [4.78, 5) is 2.16. The molecule has 0 aromatic heterocycles. The quantitative estimate of drug-likeness (QED) is 0.396. The highest BCUT2D eigenvalue weighted by Crippen LogP contribution is 2.69. The fourth-order valence-corrected chi connectivity index (χ4v) is 10.9. The maximum Gasteiger partial charge on any atom is 0.106 e. The average Bonchev–Trinajstić information content (AvgIpc) is 3.42. The Labute approximate surface area is 242 Å². The molecule has 218 valence electrons. The lowest BCUT2D eigenvalue weighted by Gasteiger charge is -2.58. The molecule has 1 saturated heterocycles. The van der Waals surface area contributed by atoms with E-state index in [1.165, 1.54) is 48.3 Å². The minimum atomic E-state index is -0.128. The Morgan fingerprint density at radius 1 is 1.00 bits per heavy atom. The van der Waals surface area contributed by atoms with Crippen LogP contribution >= 0.6 is 0 Å². The summed E-state index contributed by atoms with van der Waals surface area (Å²) in [6, 6.07) is 8.98. The van der Waals surface area contributed by atoms with Gasteiger partial charge >= 0.3 is 0 Å². The van der Waals surface area contributed by atoms with Crippen molar-refractivity contribution in [3.8, 4) is 0 Å². The summed E-state index contributed by atoms with van der Waals surface area (Å²) in [5, 5.41) is 10.4. The van der Waals surface area contributed by atoms with Crippen LogP contribution in [-0.4, -0.2) is 38.0 Å². The van der Waals surface area contributed by atoms with Gasteiger partial charge in [0.15, 0.2) is 0 Å². The van der Waals surface area contributed by atoms with Crippen LogP contribution in [0.5, 0.6) is 0 Å². The molecule has 7 rings (SSSR count). The third-order valence-corrected chi connectivity index (χ3v) is 12.9. The van der Waals surface area contributed by atoms with Crippen molar-refractivity contribution in [1.29, 1.82) is 0 Å². The zero-order valence-corrected chi connectivity index (χ0v) is 25.7. The first-order chi connectivity index (χ1) is 19.1. The van der Waals surface area contributed by atoms with Crippen LogP contribution in [0.2, 0.25) is 0 Å². The molecule has 3 saturated carbocycles. The van der Waals surface area contributed by atoms with E-state index < -0.39 is 0 Å². The van der Waals surface area contributed by atoms with Gasteiger partial charge in [-0.3, -0.25) is 0 Å². The number of ether oxygens (including phenoxy) is 2. The van der Waals surface area contributed by atoms with Crippen LogP contribution in [0.1, 0.15) is 90.7 Å². The Hall–Kier alpha value is -1.78. The highest BCUT2D eigenvalue weighted by atomic mass is 16.5. The lowest BCUT2D eigenvalue weighted by Crippen LogP contribution is -2.50. The predicted octanol–water partition coefficient (Wildman–Crippen LogP) is 7.69. The molecule has 1 N–H and O–H groups in total. The monoisotopic (exact) mass is 545 g/mol. The van der Waals surface area contributed by atoms with Gasteiger partial charge in [0.2, 0.25) is 0 Å². The fourth-order valence-electron chi connectivity index (χ4n) is 10.9. The standard InChI is InChI=1S/C36H51NO3/c1-21-17-28(34(39-20-21)23-7-10-25(11-8-23)37(5)6)33-22(2)32-31(40-33)19-30-27-12-9-24-18-26(38)13-15-35(24,3)29(27)14-16-36(30,32)4/h7-11,21,26-32,34,38H,12-20H2,1-6H3/t21-,26+,27-,28?,29+,30+,31+,32+,34?,35+,36+/m1/s1. The minimum absolute atomic E-state index is 0.0685. The molecule has 4 nitrogen and oxygen atoms in total. The van der Waals surface area contributed by atoms with E-state index >= 15 is 0 Å². The topological polar surface area (TPSA) is 41.9 Å². The smallest absolute Gasteiger partial charge is 0.106 e. The van der Waals surface area contributed by atoms with E-state index in [0.717, 1.165) is 50.0 Å². The Bertz CT molecular complexity index is 1200. The summed E-state index contributed by atoms with van der Waals surface area (Å²) in [5.74, 6) is 4.90. The second-order valence-electron chi connectivity index (χ2n) is 15.3. The van der Waals surface area contributed by atoms with E-state index in [1.54, 1.807) is 5.57 Å². The summed E-state index contributed by atoms with van der Waals surface area (Å²) in [6.45, 7) is 10.7. The van der Waals surface area contributed by atoms with Crippen LogP contribution in [0.4, 0.5) is 5.69 Å². The molecule has 0 radical (unpaired) electrons. The molecule has 2 aliphatic heterocycles. The van der Waals surface area contributed by atoms with Gasteiger partial charge in [0.05, 0.1) is 18.8 Å². The Morgan fingerprint density at radius 2 is 1.77 bits per heavy atom. The first kappa shape index (κ1) is 27.1. The fraction of sp³-hybridized carbons (Fsp3) is 0.722. The van der Waals surface area contributed by atoms with Crippen molar-refractivity contribution in [2.75, 3.05) is 25.6 Å². The SMILES string of the molecule is CC1=C(C2C[C@@H](C)COC2c2ccc(N(C)C)cc2)O[C@H]2C[C@H]3[C@@H]4CC=C5C[C@@H](O)CC[C@]5(C)[C@H]4CC[C@]3(C)[C@@H]12. The van der Waals surface area contributed by atoms with Crippen LogP contribution in [0, 0.1) is 46.3 Å². The summed E-state index contributed by atoms with van der Waals surface area (Å²) in [6.07, 6.45) is 12.0. The van der Waals surface area contributed by atoms with Crippen molar-refractivity contribution in [3.05, 3.63) is 52.8 Å². The average molecular weight is 546 g/mol. The molecule has 11 atom stereocenters. The number of hydrogen-bond donors (Lipinski definition) is 1. The number of nitrogens with zero attached hydrogens (tertiary/aromatic N) is 1. The van der Waals surface area contributed by atoms with Gasteiger partial charge in [-0.15, -0.1) is 0 Å². The molecule has 0 amide bonds. The number of hydrogen-bond acceptors (Lipinski definition) is 4. The van der Waals surface area contributed by atoms with E-state index in [0.29, 0.717) is 34.7 Å². The molecular formula is C36H51NO3. The van der Waals surface area contributed by atoms with Gasteiger partial charge in [0.25, 0.3) is 0 Å². The first-order valence-electron chi connectivity index (χ1n) is 16.2. The number of aliphatic hydroxyl groups excluding tert-OH is 1. The van der Waals surface area contributed by atoms with E-state index in [2.05, 4.69) is 77.0 Å². The lowest BCUT2D eigenvalue weighted by molar-refractivity contribution is -0.0622. The van der Waals surface area contributed by atoms with E-state index in [9.17, 15) is 5.11 Å². The zero-order chi connectivity index (χ0) is 28.0. The second-order valence-corrected chi connectivity index (χ2v) is 15.3. The molecule has 6 aliphatic rings. The maximum atomic E-state index is 10.4. The third-order valence-electron chi connectivity index (χ3n) is 12.9. The van der Waals surface area contributed by atoms with Crippen LogP contribution < -0.4 is 4.90 Å². The van der Waals surface area contributed by atoms with Crippen molar-refractivity contribution in [3.63, 3.8) is 0 Å². The van der Waals surface area contributed by atoms with Crippen molar-refractivity contribution in [2.24, 2.45) is 46.3 Å². The largest absolute Gasteiger partial charge is 0.494 e. The lowest BCUT2D eigenvalue weighted by atomic mass is 9.47. The molecule has 2 heterocycles. The highest BCUT2D eigenvalue weighted by molar-refractivity contribution is 5.47. The van der Waals surface area contributed by atoms with Crippen molar-refractivity contribution in [2.45, 2.75) is 97.4 Å². The van der Waals surface area contributed by atoms with Crippen LogP contribution in [0.25, 0.3) is 0 Å². The van der Waals surface area contributed by atoms with Gasteiger partial charge in [0.1, 0.15) is 11.9 Å². The van der Waals surface area contributed by atoms with Gasteiger partial charge in [-0.1, -0.05) is 44.6 Å². The van der Waals surface area contributed by atoms with Gasteiger partial charge in [-0.2, -0.15) is 0 Å². The Morgan fingerprint density at radius 3 is 2.52 bits per heavy atom. The van der Waals surface area contributed by atoms with E-state index in [-0.39, 0.29) is 12.2 Å². The molecule has 1 aromatic rings. The Kier molecular flexibility index (Phi) is 6.52. The number of fused-ring (bicyclic) bond motifs is 7. The number of allylic oxidation sites excluding steroid dienone is 1. The van der Waals surface area contributed by atoms with Gasteiger partial charge in [-0.25, -0.2) is 0 Å². The van der Waals surface area contributed by atoms with Gasteiger partial charge in [-0.05, 0) is 116 Å². The molecule has 2 unspecified atom stereocenters. The molecule has 4 heteroatoms. The van der Waals surface area contributed by atoms with E-state index in [1.807, 2.05) is 0 Å². The summed E-state index contributed by atoms with van der Waals surface area (Å²) in [5.41, 5.74) is 6.22. The van der Waals surface area contributed by atoms with Crippen molar-refractivity contribution < 1.29 is 14.6 Å². The summed E-state index contributed by atoms with van der Waals surface area (Å²) < 4.78 is 13.7. The van der Waals surface area contributed by atoms with Crippen LogP contribution in [0.15, 0.2) is 47.2 Å². The minimum Gasteiger partial charge on any atom is -0.494 e. The zero-order valence-electron chi connectivity index (χ0n) is 25.7. The summed E-state index contributed by atoms with van der Waals surface area (Å²) in [7, 11) is 4.19. The highest BCUT2D eigenvalue weighted by Gasteiger charge is 2.64. The maximum absolute atomic E-state index is 10.4. The molecule has 4 aliphatic carbocycles. The van der Waals surface area contributed by atoms with Crippen LogP contribution in [-0.2, 0) is 9.47 Å². The number of benzene rings is 1. The third kappa shape index (κ3) is 3.98. The number of aliphatic hydroxyl groups is 1. The molecule has 0 spiro atoms. The predicted molar refractivity (Wildman–Crippen MR) is 161 cm³/mol. The van der Waals surface area contributed by atoms with Gasteiger partial charge in [0, 0.05) is 31.6 Å². The molecule has 1 aromatic carbocycles. The number of anilines is 1. The van der Waals surface area contributed by atoms with Gasteiger partial charge < -0.3 is 19.5 Å². The summed E-state index contributed by atoms with van der Waals surface area (Å²) >= 11 is 0. The Balaban J connectivity index is 1.17. The molecule has 0 bridgehead atoms. The van der Waals surface area contributed by atoms with Crippen molar-refractivity contribution in [1.82, 2.24) is 0 Å². The second kappa shape index (κ2) is 9.63. The molecule has 40 heavy (non-hydrogen) atoms. The number of rotatable bonds is 3.